The van der Waals surface area contributed by atoms with Crippen LogP contribution in [0.1, 0.15) is 15.9 Å². The highest BCUT2D eigenvalue weighted by atomic mass is 35.7. The topological polar surface area (TPSA) is 77.9 Å². The zero-order valence-corrected chi connectivity index (χ0v) is 17.2. The Morgan fingerprint density at radius 2 is 1.79 bits per heavy atom. The maximum Gasteiger partial charge on any atom is 0.261 e. The van der Waals surface area contributed by atoms with E-state index in [1.807, 2.05) is 0 Å². The van der Waals surface area contributed by atoms with E-state index in [4.69, 9.17) is 22.3 Å². The molecule has 1 fully saturated rings. The number of hydrogen-bond acceptors (Lipinski definition) is 5. The first kappa shape index (κ1) is 20.7. The number of aromatic hydroxyl groups is 1. The first-order chi connectivity index (χ1) is 13.1. The number of hydrogen-bond donors (Lipinski definition) is 1. The molecule has 1 amide bonds. The first-order valence-electron chi connectivity index (χ1n) is 8.35. The van der Waals surface area contributed by atoms with Gasteiger partial charge in [0, 0.05) is 36.9 Å². The lowest BCUT2D eigenvalue weighted by atomic mass is 10.1. The fourth-order valence-corrected chi connectivity index (χ4v) is 4.18. The van der Waals surface area contributed by atoms with Crippen LogP contribution in [0.25, 0.3) is 0 Å². The van der Waals surface area contributed by atoms with Crippen molar-refractivity contribution in [1.29, 1.82) is 0 Å². The number of aryl methyl sites for hydroxylation is 1. The predicted molar refractivity (Wildman–Crippen MR) is 105 cm³/mol. The molecule has 0 aliphatic carbocycles. The molecule has 0 radical (unpaired) electrons. The summed E-state index contributed by atoms with van der Waals surface area (Å²) in [7, 11) is 1.49. The van der Waals surface area contributed by atoms with E-state index in [-0.39, 0.29) is 27.1 Å². The lowest BCUT2D eigenvalue weighted by Gasteiger charge is -2.36. The third kappa shape index (κ3) is 4.19. The maximum atomic E-state index is 13.2. The normalized spacial score (nSPS) is 15.0. The minimum atomic E-state index is -3.95. The third-order valence-corrected chi connectivity index (χ3v) is 6.25. The van der Waals surface area contributed by atoms with Gasteiger partial charge in [0.25, 0.3) is 15.0 Å². The summed E-state index contributed by atoms with van der Waals surface area (Å²) in [6, 6.07) is 6.23. The molecule has 3 rings (SSSR count). The molecule has 0 unspecified atom stereocenters. The van der Waals surface area contributed by atoms with Crippen molar-refractivity contribution < 1.29 is 22.7 Å². The Bertz CT molecular complexity index is 1040. The number of benzene rings is 2. The number of phenols is 1. The lowest BCUT2D eigenvalue weighted by Crippen LogP contribution is -2.49. The van der Waals surface area contributed by atoms with Gasteiger partial charge in [0.15, 0.2) is 0 Å². The standard InChI is InChI=1S/C18H17Cl2FN2O4S/c1-11-8-13(28(20,26)27)10-16(17(11)24)22-4-6-23(7-5-22)18(25)14-3-2-12(21)9-15(14)19/h2-3,8-10,24H,4-7H2,1H3. The second-order valence-corrected chi connectivity index (χ2v) is 9.42. The van der Waals surface area contributed by atoms with Crippen molar-refractivity contribution in [3.05, 3.63) is 52.3 Å². The second-order valence-electron chi connectivity index (χ2n) is 6.45. The zero-order valence-electron chi connectivity index (χ0n) is 14.8. The van der Waals surface area contributed by atoms with E-state index < -0.39 is 14.9 Å². The van der Waals surface area contributed by atoms with Crippen molar-refractivity contribution in [2.24, 2.45) is 0 Å². The van der Waals surface area contributed by atoms with Crippen molar-refractivity contribution in [3.8, 4) is 5.75 Å². The minimum absolute atomic E-state index is 0.0366. The number of rotatable bonds is 3. The molecule has 1 aliphatic heterocycles. The van der Waals surface area contributed by atoms with Crippen LogP contribution in [0.5, 0.6) is 5.75 Å². The van der Waals surface area contributed by atoms with E-state index in [0.29, 0.717) is 37.4 Å². The Balaban J connectivity index is 1.79. The summed E-state index contributed by atoms with van der Waals surface area (Å²) in [5, 5.41) is 10.4. The van der Waals surface area contributed by atoms with Gasteiger partial charge in [-0.15, -0.1) is 0 Å². The van der Waals surface area contributed by atoms with Gasteiger partial charge in [-0.1, -0.05) is 11.6 Å². The fourth-order valence-electron chi connectivity index (χ4n) is 3.09. The van der Waals surface area contributed by atoms with E-state index in [2.05, 4.69) is 0 Å². The summed E-state index contributed by atoms with van der Waals surface area (Å²) < 4.78 is 36.5. The van der Waals surface area contributed by atoms with Gasteiger partial charge in [-0.05, 0) is 42.8 Å². The zero-order chi connectivity index (χ0) is 20.6. The van der Waals surface area contributed by atoms with E-state index in [0.717, 1.165) is 6.07 Å². The number of carbonyl (C=O) groups is 1. The molecule has 0 atom stereocenters. The summed E-state index contributed by atoms with van der Waals surface area (Å²) in [5.74, 6) is -0.876. The van der Waals surface area contributed by atoms with E-state index >= 15 is 0 Å². The summed E-state index contributed by atoms with van der Waals surface area (Å²) in [6.45, 7) is 2.96. The van der Waals surface area contributed by atoms with Gasteiger partial charge < -0.3 is 14.9 Å². The Morgan fingerprint density at radius 3 is 2.36 bits per heavy atom. The Kier molecular flexibility index (Phi) is 5.74. The molecule has 1 saturated heterocycles. The molecule has 0 bridgehead atoms. The molecule has 1 aliphatic rings. The van der Waals surface area contributed by atoms with Crippen molar-refractivity contribution in [1.82, 2.24) is 4.90 Å². The quantitative estimate of drug-likeness (QED) is 0.731. The summed E-state index contributed by atoms with van der Waals surface area (Å²) in [6.07, 6.45) is 0. The maximum absolute atomic E-state index is 13.2. The monoisotopic (exact) mass is 446 g/mol. The number of piperazine rings is 1. The van der Waals surface area contributed by atoms with Crippen molar-refractivity contribution in [2.45, 2.75) is 11.8 Å². The molecule has 28 heavy (non-hydrogen) atoms. The molecule has 0 saturated carbocycles. The Labute approximate surface area is 171 Å². The highest BCUT2D eigenvalue weighted by Crippen LogP contribution is 2.35. The highest BCUT2D eigenvalue weighted by molar-refractivity contribution is 8.13. The van der Waals surface area contributed by atoms with Crippen molar-refractivity contribution >= 4 is 42.9 Å². The molecule has 0 spiro atoms. The van der Waals surface area contributed by atoms with Crippen molar-refractivity contribution in [3.63, 3.8) is 0 Å². The number of nitrogens with zero attached hydrogens (tertiary/aromatic N) is 2. The fraction of sp³-hybridized carbons (Fsp3) is 0.278. The van der Waals surface area contributed by atoms with Gasteiger partial charge in [0.05, 0.1) is 21.2 Å². The Morgan fingerprint density at radius 1 is 1.14 bits per heavy atom. The summed E-state index contributed by atoms with van der Waals surface area (Å²) >= 11 is 5.97. The largest absolute Gasteiger partial charge is 0.505 e. The second kappa shape index (κ2) is 7.77. The van der Waals surface area contributed by atoms with Crippen LogP contribution in [-0.4, -0.2) is 50.5 Å². The summed E-state index contributed by atoms with van der Waals surface area (Å²) in [5.41, 5.74) is 0.935. The first-order valence-corrected chi connectivity index (χ1v) is 11.0. The average Bonchev–Trinajstić information content (AvgIpc) is 2.62. The number of phenolic OH excluding ortho intramolecular Hbond substituents is 1. The van der Waals surface area contributed by atoms with Gasteiger partial charge in [-0.25, -0.2) is 12.8 Å². The lowest BCUT2D eigenvalue weighted by molar-refractivity contribution is 0.0747. The van der Waals surface area contributed by atoms with Crippen LogP contribution >= 0.6 is 22.3 Å². The van der Waals surface area contributed by atoms with Crippen LogP contribution < -0.4 is 4.90 Å². The molecule has 6 nitrogen and oxygen atoms in total. The molecule has 150 valence electrons. The number of carbonyl (C=O) groups excluding carboxylic acids is 1. The molecule has 10 heteroatoms. The smallest absolute Gasteiger partial charge is 0.261 e. The number of anilines is 1. The van der Waals surface area contributed by atoms with Crippen LogP contribution in [-0.2, 0) is 9.05 Å². The third-order valence-electron chi connectivity index (χ3n) is 4.60. The van der Waals surface area contributed by atoms with Crippen molar-refractivity contribution in [2.75, 3.05) is 31.1 Å². The van der Waals surface area contributed by atoms with Crippen LogP contribution in [0.2, 0.25) is 5.02 Å². The van der Waals surface area contributed by atoms with Gasteiger partial charge in [-0.3, -0.25) is 4.79 Å². The van der Waals surface area contributed by atoms with Gasteiger partial charge in [0.2, 0.25) is 0 Å². The van der Waals surface area contributed by atoms with E-state index in [1.54, 1.807) is 16.7 Å². The predicted octanol–water partition coefficient (Wildman–Crippen LogP) is 3.38. The molecule has 1 heterocycles. The molecule has 2 aromatic carbocycles. The van der Waals surface area contributed by atoms with Crippen LogP contribution in [0.4, 0.5) is 10.1 Å². The molecular formula is C18H17Cl2FN2O4S. The van der Waals surface area contributed by atoms with Crippen LogP contribution in [0, 0.1) is 12.7 Å². The minimum Gasteiger partial charge on any atom is -0.505 e. The van der Waals surface area contributed by atoms with Gasteiger partial charge >= 0.3 is 0 Å². The van der Waals surface area contributed by atoms with Gasteiger partial charge in [-0.2, -0.15) is 0 Å². The molecular weight excluding hydrogens is 430 g/mol. The highest BCUT2D eigenvalue weighted by Gasteiger charge is 2.26. The summed E-state index contributed by atoms with van der Waals surface area (Å²) in [4.78, 5) is 15.9. The number of amides is 1. The van der Waals surface area contributed by atoms with Crippen LogP contribution in [0.3, 0.4) is 0 Å². The van der Waals surface area contributed by atoms with E-state index in [9.17, 15) is 22.7 Å². The van der Waals surface area contributed by atoms with Gasteiger partial charge in [0.1, 0.15) is 11.6 Å². The molecule has 1 N–H and O–H groups in total. The Hall–Kier alpha value is -2.03. The SMILES string of the molecule is Cc1cc(S(=O)(=O)Cl)cc(N2CCN(C(=O)c3ccc(F)cc3Cl)CC2)c1O. The number of halogens is 3. The molecule has 0 aromatic heterocycles. The van der Waals surface area contributed by atoms with E-state index in [1.165, 1.54) is 24.3 Å². The van der Waals surface area contributed by atoms with Crippen LogP contribution in [0.15, 0.2) is 35.2 Å². The average molecular weight is 447 g/mol. The molecule has 2 aromatic rings.